The molecule has 0 unspecified atom stereocenters. The lowest BCUT2D eigenvalue weighted by atomic mass is 10.7. The first-order valence-electron chi connectivity index (χ1n) is 7.04. The van der Waals surface area contributed by atoms with Crippen LogP contribution in [-0.4, -0.2) is 79.3 Å². The molecule has 0 amide bonds. The number of rotatable bonds is 18. The molecule has 0 aromatic carbocycles. The predicted molar refractivity (Wildman–Crippen MR) is 76.7 cm³/mol. The fourth-order valence-electron chi connectivity index (χ4n) is 1.22. The topological polar surface area (TPSA) is 64.6 Å². The molecule has 0 fully saturated rings. The van der Waals surface area contributed by atoms with Crippen molar-refractivity contribution in [3.05, 3.63) is 14.2 Å². The van der Waals surface area contributed by atoms with Crippen molar-refractivity contribution in [3.8, 4) is 0 Å². The van der Waals surface area contributed by atoms with Crippen molar-refractivity contribution in [2.24, 2.45) is 0 Å². The number of hydrogen-bond donors (Lipinski definition) is 0. The van der Waals surface area contributed by atoms with Gasteiger partial charge in [0.2, 0.25) is 0 Å². The summed E-state index contributed by atoms with van der Waals surface area (Å²) in [5.74, 6) is 0. The van der Waals surface area contributed by atoms with E-state index in [1.165, 1.54) is 0 Å². The van der Waals surface area contributed by atoms with E-state index in [0.717, 1.165) is 0 Å². The van der Waals surface area contributed by atoms with E-state index in [1.54, 1.807) is 0 Å². The highest BCUT2D eigenvalue weighted by molar-refractivity contribution is 4.36. The summed E-state index contributed by atoms with van der Waals surface area (Å²) < 4.78 is 35.6. The first-order valence-corrected chi connectivity index (χ1v) is 7.04. The van der Waals surface area contributed by atoms with Crippen LogP contribution in [0.2, 0.25) is 0 Å². The molecule has 7 nitrogen and oxygen atoms in total. The summed E-state index contributed by atoms with van der Waals surface area (Å²) in [6, 6.07) is 0. The van der Waals surface area contributed by atoms with Crippen LogP contribution in [0.1, 0.15) is 0 Å². The van der Waals surface area contributed by atoms with Gasteiger partial charge in [-0.3, -0.25) is 0 Å². The van der Waals surface area contributed by atoms with Gasteiger partial charge >= 0.3 is 0 Å². The van der Waals surface area contributed by atoms with E-state index in [9.17, 15) is 0 Å². The summed E-state index contributed by atoms with van der Waals surface area (Å²) in [6.07, 6.45) is 0. The second kappa shape index (κ2) is 19.7. The van der Waals surface area contributed by atoms with Crippen LogP contribution < -0.4 is 0 Å². The maximum Gasteiger partial charge on any atom is 0.0701 e. The van der Waals surface area contributed by atoms with Gasteiger partial charge in [-0.2, -0.15) is 0 Å². The Morgan fingerprint density at radius 3 is 0.714 bits per heavy atom. The molecule has 0 bridgehead atoms. The first kappa shape index (κ1) is 20.7. The highest BCUT2D eigenvalue weighted by Gasteiger charge is 1.93. The Kier molecular flexibility index (Phi) is 19.5. The average Bonchev–Trinajstić information content (AvgIpc) is 2.50. The Morgan fingerprint density at radius 1 is 0.333 bits per heavy atom. The largest absolute Gasteiger partial charge is 0.377 e. The summed E-state index contributed by atoms with van der Waals surface area (Å²) in [5, 5.41) is 0. The molecular weight excluding hydrogens is 280 g/mol. The Labute approximate surface area is 127 Å². The van der Waals surface area contributed by atoms with Crippen LogP contribution in [0.4, 0.5) is 0 Å². The molecule has 0 aromatic heterocycles. The molecule has 126 valence electrons. The van der Waals surface area contributed by atoms with Gasteiger partial charge in [0.25, 0.3) is 0 Å². The predicted octanol–water partition coefficient (Wildman–Crippen LogP) is 0.686. The van der Waals surface area contributed by atoms with Crippen LogP contribution in [-0.2, 0) is 33.2 Å². The Morgan fingerprint density at radius 2 is 0.524 bits per heavy atom. The zero-order valence-corrected chi connectivity index (χ0v) is 12.8. The van der Waals surface area contributed by atoms with Gasteiger partial charge in [0.15, 0.2) is 0 Å². The minimum Gasteiger partial charge on any atom is -0.377 e. The lowest BCUT2D eigenvalue weighted by molar-refractivity contribution is -0.0160. The van der Waals surface area contributed by atoms with Crippen LogP contribution in [0.3, 0.4) is 0 Å². The minimum atomic E-state index is 0.498. The van der Waals surface area contributed by atoms with Gasteiger partial charge in [0.05, 0.1) is 93.5 Å². The standard InChI is InChI=1S/C14H28O7/c1-15-3-5-17-7-9-19-11-13-21-14-12-20-10-8-18-6-4-16-2/h1-14H2. The van der Waals surface area contributed by atoms with E-state index in [4.69, 9.17) is 23.7 Å². The molecule has 21 heavy (non-hydrogen) atoms. The maximum atomic E-state index is 5.34. The molecule has 0 aliphatic rings. The summed E-state index contributed by atoms with van der Waals surface area (Å²) >= 11 is 0. The van der Waals surface area contributed by atoms with Gasteiger partial charge < -0.3 is 33.2 Å². The average molecular weight is 308 g/mol. The molecule has 0 atom stereocenters. The van der Waals surface area contributed by atoms with Crippen molar-refractivity contribution < 1.29 is 33.2 Å². The van der Waals surface area contributed by atoms with Crippen LogP contribution in [0.5, 0.6) is 0 Å². The summed E-state index contributed by atoms with van der Waals surface area (Å²) in [7, 11) is 6.49. The third-order valence-electron chi connectivity index (χ3n) is 2.23. The molecule has 0 saturated carbocycles. The van der Waals surface area contributed by atoms with Crippen molar-refractivity contribution in [2.45, 2.75) is 0 Å². The molecular formula is C14H28O7. The first-order chi connectivity index (χ1) is 10.4. The van der Waals surface area contributed by atoms with Gasteiger partial charge in [-0.1, -0.05) is 0 Å². The molecule has 2 radical (unpaired) electrons. The third kappa shape index (κ3) is 19.7. The highest BCUT2D eigenvalue weighted by Crippen LogP contribution is 1.84. The van der Waals surface area contributed by atoms with Crippen molar-refractivity contribution >= 4 is 0 Å². The van der Waals surface area contributed by atoms with Crippen LogP contribution in [0.25, 0.3) is 0 Å². The minimum absolute atomic E-state index is 0.498. The van der Waals surface area contributed by atoms with Crippen molar-refractivity contribution in [3.63, 3.8) is 0 Å². The van der Waals surface area contributed by atoms with Gasteiger partial charge in [-0.15, -0.1) is 0 Å². The molecule has 0 saturated heterocycles. The molecule has 0 rings (SSSR count). The molecule has 0 spiro atoms. The van der Waals surface area contributed by atoms with E-state index in [0.29, 0.717) is 79.3 Å². The maximum absolute atomic E-state index is 5.34. The van der Waals surface area contributed by atoms with E-state index in [-0.39, 0.29) is 0 Å². The lowest BCUT2D eigenvalue weighted by Gasteiger charge is -2.07. The Bertz CT molecular complexity index is 163. The second-order valence-corrected chi connectivity index (χ2v) is 3.88. The van der Waals surface area contributed by atoms with Crippen molar-refractivity contribution in [1.29, 1.82) is 0 Å². The molecule has 0 heterocycles. The quantitative estimate of drug-likeness (QED) is 0.345. The van der Waals surface area contributed by atoms with E-state index >= 15 is 0 Å². The molecule has 0 aliphatic carbocycles. The lowest BCUT2D eigenvalue weighted by Crippen LogP contribution is -2.14. The smallest absolute Gasteiger partial charge is 0.0701 e. The fraction of sp³-hybridized carbons (Fsp3) is 0.857. The normalized spacial score (nSPS) is 11.1. The van der Waals surface area contributed by atoms with Gasteiger partial charge in [-0.25, -0.2) is 0 Å². The van der Waals surface area contributed by atoms with E-state index < -0.39 is 0 Å². The second-order valence-electron chi connectivity index (χ2n) is 3.88. The summed E-state index contributed by atoms with van der Waals surface area (Å²) in [4.78, 5) is 0. The fourth-order valence-corrected chi connectivity index (χ4v) is 1.22. The van der Waals surface area contributed by atoms with Crippen molar-refractivity contribution in [2.75, 3.05) is 79.3 Å². The Balaban J connectivity index is 2.90. The van der Waals surface area contributed by atoms with Gasteiger partial charge in [0.1, 0.15) is 0 Å². The van der Waals surface area contributed by atoms with Crippen LogP contribution in [0.15, 0.2) is 0 Å². The molecule has 0 aromatic rings. The molecule has 7 heteroatoms. The monoisotopic (exact) mass is 308 g/mol. The van der Waals surface area contributed by atoms with Gasteiger partial charge in [-0.05, 0) is 0 Å². The highest BCUT2D eigenvalue weighted by atomic mass is 16.6. The zero-order valence-electron chi connectivity index (χ0n) is 12.8. The Hall–Kier alpha value is -0.280. The number of hydrogen-bond acceptors (Lipinski definition) is 7. The zero-order chi connectivity index (χ0) is 15.4. The summed E-state index contributed by atoms with van der Waals surface area (Å²) in [6.45, 7) is 6.43. The molecule has 0 aliphatic heterocycles. The van der Waals surface area contributed by atoms with Gasteiger partial charge in [0, 0.05) is 0 Å². The van der Waals surface area contributed by atoms with E-state index in [1.807, 2.05) is 0 Å². The van der Waals surface area contributed by atoms with Crippen molar-refractivity contribution in [1.82, 2.24) is 0 Å². The SMILES string of the molecule is [CH2]OCCOCCOCCOCCOCCOCCO[CH2]. The third-order valence-corrected chi connectivity index (χ3v) is 2.23. The van der Waals surface area contributed by atoms with Crippen LogP contribution >= 0.6 is 0 Å². The van der Waals surface area contributed by atoms with Crippen LogP contribution in [0, 0.1) is 14.2 Å². The summed E-state index contributed by atoms with van der Waals surface area (Å²) in [5.41, 5.74) is 0. The number of ether oxygens (including phenoxy) is 7. The van der Waals surface area contributed by atoms with E-state index in [2.05, 4.69) is 23.7 Å². The molecule has 0 N–H and O–H groups in total.